The molecule has 0 bridgehead atoms. The molecule has 1 heterocycles. The van der Waals surface area contributed by atoms with Gasteiger partial charge in [-0.1, -0.05) is 176 Å². The third kappa shape index (κ3) is 5.96. The minimum Gasteiger partial charge on any atom is -0.310 e. The number of rotatable bonds is 7. The molecule has 2 heteroatoms. The Bertz CT molecular complexity index is 3560. The van der Waals surface area contributed by atoms with Crippen molar-refractivity contribution in [1.29, 1.82) is 0 Å². The average molecular weight is 789 g/mol. The van der Waals surface area contributed by atoms with Gasteiger partial charge >= 0.3 is 0 Å². The van der Waals surface area contributed by atoms with Crippen molar-refractivity contribution < 1.29 is 0 Å². The van der Waals surface area contributed by atoms with Gasteiger partial charge in [-0.15, -0.1) is 0 Å². The highest BCUT2D eigenvalue weighted by molar-refractivity contribution is 6.21. The Kier molecular flexibility index (Phi) is 8.53. The van der Waals surface area contributed by atoms with Crippen LogP contribution in [0.3, 0.4) is 0 Å². The van der Waals surface area contributed by atoms with Gasteiger partial charge in [0.2, 0.25) is 0 Å². The van der Waals surface area contributed by atoms with E-state index in [9.17, 15) is 0 Å². The Morgan fingerprint density at radius 3 is 1.48 bits per heavy atom. The van der Waals surface area contributed by atoms with Crippen LogP contribution < -0.4 is 4.90 Å². The predicted octanol–water partition coefficient (Wildman–Crippen LogP) is 16.7. The first-order valence-electron chi connectivity index (χ1n) is 21.3. The van der Waals surface area contributed by atoms with Crippen LogP contribution in [0.2, 0.25) is 0 Å². The number of hydrogen-bond acceptors (Lipinski definition) is 1. The van der Waals surface area contributed by atoms with Gasteiger partial charge in [0.05, 0.1) is 11.0 Å². The SMILES string of the molecule is c1ccc(-c2c3ccccc3c(-c3cccc(N(c4ccc(-c5ccc6ccccc6c5)cc4)c4ccc5c(c4)c4ccccc4n5-c4ccccc4)c3)c3ccccc23)cc1. The van der Waals surface area contributed by atoms with E-state index in [1.165, 1.54) is 87.5 Å². The molecule has 0 N–H and O–H groups in total. The summed E-state index contributed by atoms with van der Waals surface area (Å²) in [6.45, 7) is 0. The van der Waals surface area contributed by atoms with Gasteiger partial charge in [0.25, 0.3) is 0 Å². The number of benzene rings is 11. The van der Waals surface area contributed by atoms with E-state index in [4.69, 9.17) is 0 Å². The van der Waals surface area contributed by atoms with Crippen molar-refractivity contribution in [3.63, 3.8) is 0 Å². The minimum atomic E-state index is 1.09. The van der Waals surface area contributed by atoms with Crippen molar-refractivity contribution in [2.45, 2.75) is 0 Å². The topological polar surface area (TPSA) is 8.17 Å². The Labute approximate surface area is 360 Å². The summed E-state index contributed by atoms with van der Waals surface area (Å²) in [5.74, 6) is 0. The first-order valence-corrected chi connectivity index (χ1v) is 21.3. The van der Waals surface area contributed by atoms with Gasteiger partial charge in [0, 0.05) is 33.5 Å². The molecular formula is C60H40N2. The zero-order chi connectivity index (χ0) is 41.0. The second-order valence-corrected chi connectivity index (χ2v) is 16.1. The van der Waals surface area contributed by atoms with Gasteiger partial charge in [0.15, 0.2) is 0 Å². The fraction of sp³-hybridized carbons (Fsp3) is 0. The van der Waals surface area contributed by atoms with Crippen molar-refractivity contribution in [2.24, 2.45) is 0 Å². The van der Waals surface area contributed by atoms with Crippen molar-refractivity contribution in [3.8, 4) is 39.1 Å². The molecule has 12 rings (SSSR count). The largest absolute Gasteiger partial charge is 0.310 e. The van der Waals surface area contributed by atoms with E-state index in [2.05, 4.69) is 252 Å². The van der Waals surface area contributed by atoms with Gasteiger partial charge in [0.1, 0.15) is 0 Å². The van der Waals surface area contributed by atoms with E-state index in [1.807, 2.05) is 0 Å². The number of anilines is 3. The summed E-state index contributed by atoms with van der Waals surface area (Å²) in [6, 6.07) is 88.5. The molecule has 0 unspecified atom stereocenters. The Hall–Kier alpha value is -8.20. The standard InChI is InChI=1S/C60H40N2/c1-3-17-43(18-4-1)59-52-25-9-11-27-54(52)60(55-28-12-10-26-53(55)59)46-20-15-23-49(39-46)61(48-34-32-42(33-35-48)45-31-30-41-16-7-8-19-44(41)38-45)50-36-37-58-56(40-50)51-24-13-14-29-57(51)62(58)47-21-5-2-6-22-47/h1-40H. The summed E-state index contributed by atoms with van der Waals surface area (Å²) in [7, 11) is 0. The number of para-hydroxylation sites is 2. The molecule has 1 aromatic heterocycles. The lowest BCUT2D eigenvalue weighted by Crippen LogP contribution is -2.10. The van der Waals surface area contributed by atoms with Gasteiger partial charge in [-0.2, -0.15) is 0 Å². The monoisotopic (exact) mass is 788 g/mol. The fourth-order valence-corrected chi connectivity index (χ4v) is 9.73. The van der Waals surface area contributed by atoms with E-state index >= 15 is 0 Å². The molecule has 62 heavy (non-hydrogen) atoms. The molecule has 0 atom stereocenters. The molecule has 0 aliphatic carbocycles. The third-order valence-electron chi connectivity index (χ3n) is 12.5. The molecule has 11 aromatic carbocycles. The molecule has 0 aliphatic rings. The molecule has 0 saturated heterocycles. The van der Waals surface area contributed by atoms with Crippen LogP contribution in [-0.2, 0) is 0 Å². The predicted molar refractivity (Wildman–Crippen MR) is 264 cm³/mol. The van der Waals surface area contributed by atoms with Gasteiger partial charge in [-0.05, 0) is 132 Å². The molecule has 12 aromatic rings. The van der Waals surface area contributed by atoms with Crippen LogP contribution in [-0.4, -0.2) is 4.57 Å². The third-order valence-corrected chi connectivity index (χ3v) is 12.5. The molecule has 0 radical (unpaired) electrons. The Balaban J connectivity index is 1.06. The van der Waals surface area contributed by atoms with E-state index in [0.29, 0.717) is 0 Å². The first-order chi connectivity index (χ1) is 30.8. The summed E-state index contributed by atoms with van der Waals surface area (Å²) in [4.78, 5) is 2.42. The minimum absolute atomic E-state index is 1.09. The van der Waals surface area contributed by atoms with Gasteiger partial charge in [-0.3, -0.25) is 0 Å². The smallest absolute Gasteiger partial charge is 0.0542 e. The van der Waals surface area contributed by atoms with Crippen molar-refractivity contribution in [1.82, 2.24) is 4.57 Å². The number of aromatic nitrogens is 1. The fourth-order valence-electron chi connectivity index (χ4n) is 9.73. The lowest BCUT2D eigenvalue weighted by atomic mass is 9.86. The van der Waals surface area contributed by atoms with Crippen molar-refractivity contribution >= 4 is 71.2 Å². The van der Waals surface area contributed by atoms with E-state index < -0.39 is 0 Å². The van der Waals surface area contributed by atoms with Crippen LogP contribution in [0.25, 0.3) is 93.2 Å². The highest BCUT2D eigenvalue weighted by Gasteiger charge is 2.21. The maximum absolute atomic E-state index is 2.42. The molecular weight excluding hydrogens is 749 g/mol. The molecule has 0 amide bonds. The lowest BCUT2D eigenvalue weighted by molar-refractivity contribution is 1.18. The summed E-state index contributed by atoms with van der Waals surface area (Å²) < 4.78 is 2.38. The molecule has 0 aliphatic heterocycles. The summed E-state index contributed by atoms with van der Waals surface area (Å²) in [6.07, 6.45) is 0. The number of hydrogen-bond donors (Lipinski definition) is 0. The number of nitrogens with zero attached hydrogens (tertiary/aromatic N) is 2. The van der Waals surface area contributed by atoms with Crippen molar-refractivity contribution in [2.75, 3.05) is 4.90 Å². The Morgan fingerprint density at radius 1 is 0.258 bits per heavy atom. The Morgan fingerprint density at radius 2 is 0.774 bits per heavy atom. The number of fused-ring (bicyclic) bond motifs is 6. The van der Waals surface area contributed by atoms with Crippen LogP contribution in [0.4, 0.5) is 17.1 Å². The molecule has 0 saturated carbocycles. The van der Waals surface area contributed by atoms with Crippen LogP contribution in [0.5, 0.6) is 0 Å². The maximum Gasteiger partial charge on any atom is 0.0542 e. The first kappa shape index (κ1) is 35.7. The normalized spacial score (nSPS) is 11.5. The molecule has 0 spiro atoms. The zero-order valence-corrected chi connectivity index (χ0v) is 34.0. The van der Waals surface area contributed by atoms with E-state index in [1.54, 1.807) is 0 Å². The van der Waals surface area contributed by atoms with Crippen LogP contribution in [0.1, 0.15) is 0 Å². The van der Waals surface area contributed by atoms with E-state index in [0.717, 1.165) is 22.7 Å². The van der Waals surface area contributed by atoms with Gasteiger partial charge in [-0.25, -0.2) is 0 Å². The lowest BCUT2D eigenvalue weighted by Gasteiger charge is -2.27. The second-order valence-electron chi connectivity index (χ2n) is 16.1. The molecule has 2 nitrogen and oxygen atoms in total. The summed E-state index contributed by atoms with van der Waals surface area (Å²) in [5.41, 5.74) is 14.1. The van der Waals surface area contributed by atoms with Gasteiger partial charge < -0.3 is 9.47 Å². The quantitative estimate of drug-likeness (QED) is 0.146. The van der Waals surface area contributed by atoms with Crippen LogP contribution in [0, 0.1) is 0 Å². The maximum atomic E-state index is 2.42. The molecule has 290 valence electrons. The highest BCUT2D eigenvalue weighted by atomic mass is 15.1. The van der Waals surface area contributed by atoms with E-state index in [-0.39, 0.29) is 0 Å². The second kappa shape index (κ2) is 14.8. The highest BCUT2D eigenvalue weighted by Crippen LogP contribution is 2.46. The van der Waals surface area contributed by atoms with Crippen molar-refractivity contribution in [3.05, 3.63) is 243 Å². The van der Waals surface area contributed by atoms with Crippen LogP contribution in [0.15, 0.2) is 243 Å². The average Bonchev–Trinajstić information content (AvgIpc) is 3.67. The summed E-state index contributed by atoms with van der Waals surface area (Å²) >= 11 is 0. The summed E-state index contributed by atoms with van der Waals surface area (Å²) in [5, 5.41) is 9.91. The zero-order valence-electron chi connectivity index (χ0n) is 34.0. The molecule has 0 fully saturated rings. The van der Waals surface area contributed by atoms with Crippen LogP contribution >= 0.6 is 0 Å².